The third kappa shape index (κ3) is 4.54. The highest BCUT2D eigenvalue weighted by Crippen LogP contribution is 2.40. The Morgan fingerprint density at radius 1 is 1.21 bits per heavy atom. The van der Waals surface area contributed by atoms with E-state index in [-0.39, 0.29) is 30.0 Å². The molecule has 1 saturated heterocycles. The van der Waals surface area contributed by atoms with Gasteiger partial charge in [0.05, 0.1) is 18.2 Å². The molecule has 0 saturated carbocycles. The van der Waals surface area contributed by atoms with E-state index in [0.717, 1.165) is 0 Å². The number of aliphatic hydroxyl groups is 1. The molecule has 0 spiro atoms. The summed E-state index contributed by atoms with van der Waals surface area (Å²) in [5.41, 5.74) is 1.66. The number of nitrogens with one attached hydrogen (secondary N) is 1. The van der Waals surface area contributed by atoms with Crippen LogP contribution in [0.1, 0.15) is 45.8 Å². The minimum absolute atomic E-state index is 0.106. The van der Waals surface area contributed by atoms with Crippen molar-refractivity contribution in [2.75, 3.05) is 33.8 Å². The monoisotopic (exact) mass is 457 g/mol. The van der Waals surface area contributed by atoms with E-state index in [0.29, 0.717) is 23.4 Å². The first-order chi connectivity index (χ1) is 15.6. The molecule has 8 nitrogen and oxygen atoms in total. The highest BCUT2D eigenvalue weighted by Gasteiger charge is 2.46. The quantitative estimate of drug-likeness (QED) is 0.287. The van der Waals surface area contributed by atoms with Crippen molar-refractivity contribution in [2.24, 2.45) is 0 Å². The van der Waals surface area contributed by atoms with Gasteiger partial charge in [0.25, 0.3) is 11.7 Å². The molecule has 1 amide bonds. The van der Waals surface area contributed by atoms with Crippen LogP contribution in [-0.2, 0) is 14.3 Å². The van der Waals surface area contributed by atoms with Gasteiger partial charge in [-0.1, -0.05) is 12.1 Å². The number of amides is 1. The Balaban J connectivity index is 2.19. The van der Waals surface area contributed by atoms with Gasteiger partial charge in [0.15, 0.2) is 0 Å². The number of likely N-dealkylation sites (tertiary alicyclic amines) is 1. The zero-order valence-electron chi connectivity index (χ0n) is 19.4. The average Bonchev–Trinajstić information content (AvgIpc) is 3.19. The number of hydrogen-bond acceptors (Lipinski definition) is 6. The van der Waals surface area contributed by atoms with E-state index in [1.807, 2.05) is 19.0 Å². The number of ketones is 1. The summed E-state index contributed by atoms with van der Waals surface area (Å²) in [7, 11) is 3.68. The molecule has 1 fully saturated rings. The third-order valence-electron chi connectivity index (χ3n) is 5.67. The molecular formula is C24H28FN3O5. The summed E-state index contributed by atoms with van der Waals surface area (Å²) in [4.78, 5) is 44.5. The number of aliphatic hydroxyl groups excluding tert-OH is 1. The number of ether oxygens (including phenoxy) is 1. The van der Waals surface area contributed by atoms with Crippen LogP contribution in [0.2, 0.25) is 0 Å². The Bertz CT molecular complexity index is 1120. The Hall–Kier alpha value is -3.46. The van der Waals surface area contributed by atoms with Crippen LogP contribution in [0.5, 0.6) is 0 Å². The first kappa shape index (κ1) is 24.2. The molecule has 1 aromatic carbocycles. The van der Waals surface area contributed by atoms with Crippen LogP contribution < -0.4 is 0 Å². The van der Waals surface area contributed by atoms with E-state index < -0.39 is 35.3 Å². The molecule has 0 aliphatic carbocycles. The van der Waals surface area contributed by atoms with Gasteiger partial charge in [-0.25, -0.2) is 9.18 Å². The fraction of sp³-hybridized carbons (Fsp3) is 0.375. The second-order valence-electron chi connectivity index (χ2n) is 8.19. The molecule has 1 aromatic heterocycles. The Morgan fingerprint density at radius 2 is 1.85 bits per heavy atom. The van der Waals surface area contributed by atoms with Crippen LogP contribution in [0.15, 0.2) is 29.8 Å². The van der Waals surface area contributed by atoms with Crippen molar-refractivity contribution in [1.82, 2.24) is 14.8 Å². The number of Topliss-reactive ketones (excluding diaryl/α,β-unsaturated/α-hetero) is 1. The van der Waals surface area contributed by atoms with Crippen LogP contribution in [0.25, 0.3) is 5.76 Å². The molecule has 0 unspecified atom stereocenters. The van der Waals surface area contributed by atoms with Crippen molar-refractivity contribution in [3.63, 3.8) is 0 Å². The molecule has 2 N–H and O–H groups in total. The van der Waals surface area contributed by atoms with Gasteiger partial charge < -0.3 is 24.6 Å². The van der Waals surface area contributed by atoms with E-state index in [2.05, 4.69) is 4.98 Å². The zero-order chi connectivity index (χ0) is 24.4. The summed E-state index contributed by atoms with van der Waals surface area (Å²) in [6.45, 7) is 5.86. The number of benzene rings is 1. The van der Waals surface area contributed by atoms with Crippen molar-refractivity contribution in [1.29, 1.82) is 0 Å². The van der Waals surface area contributed by atoms with Gasteiger partial charge in [-0.3, -0.25) is 9.59 Å². The zero-order valence-corrected chi connectivity index (χ0v) is 19.4. The summed E-state index contributed by atoms with van der Waals surface area (Å²) in [5, 5.41) is 11.3. The van der Waals surface area contributed by atoms with Gasteiger partial charge >= 0.3 is 5.97 Å². The Kier molecular flexibility index (Phi) is 7.02. The van der Waals surface area contributed by atoms with Crippen LogP contribution in [-0.4, -0.2) is 71.3 Å². The van der Waals surface area contributed by atoms with Gasteiger partial charge in [0.2, 0.25) is 0 Å². The lowest BCUT2D eigenvalue weighted by atomic mass is 9.94. The number of aryl methyl sites for hydroxylation is 1. The van der Waals surface area contributed by atoms with Crippen LogP contribution in [0.4, 0.5) is 4.39 Å². The second kappa shape index (κ2) is 9.58. The average molecular weight is 458 g/mol. The summed E-state index contributed by atoms with van der Waals surface area (Å²) < 4.78 is 18.6. The lowest BCUT2D eigenvalue weighted by Crippen LogP contribution is -2.35. The van der Waals surface area contributed by atoms with E-state index in [1.54, 1.807) is 20.8 Å². The van der Waals surface area contributed by atoms with Gasteiger partial charge in [-0.15, -0.1) is 0 Å². The van der Waals surface area contributed by atoms with E-state index in [4.69, 9.17) is 4.74 Å². The molecule has 2 heterocycles. The topological polar surface area (TPSA) is 103 Å². The van der Waals surface area contributed by atoms with Crippen molar-refractivity contribution in [3.8, 4) is 0 Å². The van der Waals surface area contributed by atoms with Gasteiger partial charge in [-0.05, 0) is 58.1 Å². The van der Waals surface area contributed by atoms with Crippen molar-refractivity contribution < 1.29 is 28.6 Å². The molecule has 2 aromatic rings. The first-order valence-corrected chi connectivity index (χ1v) is 10.6. The molecule has 3 rings (SSSR count). The standard InChI is InChI=1S/C24H28FN3O5/c1-6-33-24(32)19-13(2)17(14(3)26-19)21(29)18-20(15-7-9-16(25)10-8-15)28(12-11-27(4)5)23(31)22(18)30/h7-10,20,26,29H,6,11-12H2,1-5H3/t20-/m0/s1. The Labute approximate surface area is 191 Å². The summed E-state index contributed by atoms with van der Waals surface area (Å²) >= 11 is 0. The number of H-pyrrole nitrogens is 1. The van der Waals surface area contributed by atoms with Crippen LogP contribution >= 0.6 is 0 Å². The predicted octanol–water partition coefficient (Wildman–Crippen LogP) is 2.93. The fourth-order valence-electron chi connectivity index (χ4n) is 4.06. The number of likely N-dealkylation sites (N-methyl/N-ethyl adjacent to an activating group) is 1. The molecule has 1 aliphatic rings. The van der Waals surface area contributed by atoms with E-state index in [1.165, 1.54) is 29.2 Å². The number of nitrogens with zero attached hydrogens (tertiary/aromatic N) is 2. The first-order valence-electron chi connectivity index (χ1n) is 10.6. The molecule has 9 heteroatoms. The molecular weight excluding hydrogens is 429 g/mol. The van der Waals surface area contributed by atoms with Crippen LogP contribution in [0, 0.1) is 19.7 Å². The largest absolute Gasteiger partial charge is 0.507 e. The smallest absolute Gasteiger partial charge is 0.355 e. The molecule has 1 aliphatic heterocycles. The maximum absolute atomic E-state index is 13.6. The third-order valence-corrected chi connectivity index (χ3v) is 5.67. The molecule has 1 atom stereocenters. The van der Waals surface area contributed by atoms with Crippen molar-refractivity contribution in [2.45, 2.75) is 26.8 Å². The number of rotatable bonds is 7. The summed E-state index contributed by atoms with van der Waals surface area (Å²) in [5.74, 6) is -3.02. The van der Waals surface area contributed by atoms with Crippen LogP contribution in [0.3, 0.4) is 0 Å². The normalized spacial score (nSPS) is 17.8. The number of aromatic amines is 1. The van der Waals surface area contributed by atoms with Crippen molar-refractivity contribution in [3.05, 3.63) is 63.7 Å². The number of carbonyl (C=O) groups excluding carboxylic acids is 3. The number of hydrogen-bond donors (Lipinski definition) is 2. The van der Waals surface area contributed by atoms with Crippen molar-refractivity contribution >= 4 is 23.4 Å². The molecule has 33 heavy (non-hydrogen) atoms. The van der Waals surface area contributed by atoms with E-state index in [9.17, 15) is 23.9 Å². The summed E-state index contributed by atoms with van der Waals surface area (Å²) in [6.07, 6.45) is 0. The highest BCUT2D eigenvalue weighted by molar-refractivity contribution is 6.46. The number of esters is 1. The molecule has 0 radical (unpaired) electrons. The minimum Gasteiger partial charge on any atom is -0.507 e. The van der Waals surface area contributed by atoms with Gasteiger partial charge in [-0.2, -0.15) is 0 Å². The fourth-order valence-corrected chi connectivity index (χ4v) is 4.06. The second-order valence-corrected chi connectivity index (χ2v) is 8.19. The number of carbonyl (C=O) groups is 3. The summed E-state index contributed by atoms with van der Waals surface area (Å²) in [6, 6.07) is 4.57. The van der Waals surface area contributed by atoms with Gasteiger partial charge in [0.1, 0.15) is 17.3 Å². The maximum Gasteiger partial charge on any atom is 0.355 e. The lowest BCUT2D eigenvalue weighted by molar-refractivity contribution is -0.140. The Morgan fingerprint density at radius 3 is 2.42 bits per heavy atom. The predicted molar refractivity (Wildman–Crippen MR) is 120 cm³/mol. The highest BCUT2D eigenvalue weighted by atomic mass is 19.1. The lowest BCUT2D eigenvalue weighted by Gasteiger charge is -2.26. The number of aromatic nitrogens is 1. The van der Waals surface area contributed by atoms with E-state index >= 15 is 0 Å². The number of halogens is 1. The maximum atomic E-state index is 13.6. The SMILES string of the molecule is CCOC(=O)c1[nH]c(C)c(C(O)=C2C(=O)C(=O)N(CCN(C)C)[C@H]2c2ccc(F)cc2)c1C. The molecule has 176 valence electrons. The molecule has 0 bridgehead atoms. The van der Waals surface area contributed by atoms with Gasteiger partial charge in [0, 0.05) is 24.3 Å². The minimum atomic E-state index is -0.898.